The van der Waals surface area contributed by atoms with Gasteiger partial charge in [0.1, 0.15) is 12.4 Å². The number of nitriles is 1. The number of nitrogens with zero attached hydrogens (tertiary/aromatic N) is 2. The zero-order valence-corrected chi connectivity index (χ0v) is 10.9. The summed E-state index contributed by atoms with van der Waals surface area (Å²) in [6.07, 6.45) is 0.833. The van der Waals surface area contributed by atoms with E-state index in [9.17, 15) is 4.79 Å². The molecular weight excluding hydrogens is 236 g/mol. The molecule has 0 aliphatic carbocycles. The summed E-state index contributed by atoms with van der Waals surface area (Å²) in [6.45, 7) is 1.95. The van der Waals surface area contributed by atoms with E-state index in [0.29, 0.717) is 11.1 Å². The second-order valence-corrected chi connectivity index (χ2v) is 4.35. The molecule has 19 heavy (non-hydrogen) atoms. The van der Waals surface area contributed by atoms with Crippen molar-refractivity contribution in [2.75, 3.05) is 11.9 Å². The van der Waals surface area contributed by atoms with E-state index < -0.39 is 0 Å². The normalized spacial score (nSPS) is 9.74. The van der Waals surface area contributed by atoms with Crippen molar-refractivity contribution in [3.05, 3.63) is 59.2 Å². The van der Waals surface area contributed by atoms with Crippen LogP contribution in [0.2, 0.25) is 0 Å². The van der Waals surface area contributed by atoms with Gasteiger partial charge in [-0.15, -0.1) is 0 Å². The summed E-state index contributed by atoms with van der Waals surface area (Å²) in [5.41, 5.74) is 4.12. The minimum Gasteiger partial charge on any atom is -0.343 e. The van der Waals surface area contributed by atoms with Crippen molar-refractivity contribution < 1.29 is 4.79 Å². The van der Waals surface area contributed by atoms with Gasteiger partial charge in [-0.25, -0.2) is 0 Å². The largest absolute Gasteiger partial charge is 0.343 e. The van der Waals surface area contributed by atoms with Gasteiger partial charge in [0.05, 0.1) is 11.3 Å². The minimum absolute atomic E-state index is 0.629. The van der Waals surface area contributed by atoms with Crippen molar-refractivity contribution in [2.24, 2.45) is 0 Å². The minimum atomic E-state index is 0.629. The summed E-state index contributed by atoms with van der Waals surface area (Å²) in [4.78, 5) is 12.7. The third-order valence-electron chi connectivity index (χ3n) is 3.10. The van der Waals surface area contributed by atoms with Crippen LogP contribution in [-0.2, 0) is 0 Å². The van der Waals surface area contributed by atoms with E-state index in [0.717, 1.165) is 23.2 Å². The number of aldehydes is 1. The maximum absolute atomic E-state index is 10.8. The molecule has 2 rings (SSSR count). The van der Waals surface area contributed by atoms with Gasteiger partial charge in [0.15, 0.2) is 0 Å². The number of carbonyl (C=O) groups excluding carboxylic acids is 1. The van der Waals surface area contributed by atoms with Crippen LogP contribution in [0.15, 0.2) is 42.5 Å². The smallest absolute Gasteiger partial charge is 0.150 e. The number of benzene rings is 2. The predicted octanol–water partition coefficient (Wildman–Crippen LogP) is 3.45. The monoisotopic (exact) mass is 250 g/mol. The fourth-order valence-electron chi connectivity index (χ4n) is 2.12. The molecule has 0 radical (unpaired) electrons. The highest BCUT2D eigenvalue weighted by molar-refractivity contribution is 5.78. The Kier molecular flexibility index (Phi) is 3.63. The average Bonchev–Trinajstić information content (AvgIpc) is 2.46. The average molecular weight is 250 g/mol. The fraction of sp³-hybridized carbons (Fsp3) is 0.125. The number of para-hydroxylation sites is 1. The van der Waals surface area contributed by atoms with E-state index in [-0.39, 0.29) is 0 Å². The molecule has 0 N–H and O–H groups in total. The third-order valence-corrected chi connectivity index (χ3v) is 3.10. The van der Waals surface area contributed by atoms with Crippen molar-refractivity contribution in [3.63, 3.8) is 0 Å². The molecule has 0 atom stereocenters. The van der Waals surface area contributed by atoms with Gasteiger partial charge in [-0.05, 0) is 42.8 Å². The van der Waals surface area contributed by atoms with Gasteiger partial charge in [0.25, 0.3) is 0 Å². The molecular formula is C16H14N2O. The summed E-state index contributed by atoms with van der Waals surface area (Å²) < 4.78 is 0. The zero-order chi connectivity index (χ0) is 13.8. The van der Waals surface area contributed by atoms with E-state index >= 15 is 0 Å². The number of carbonyl (C=O) groups is 1. The summed E-state index contributed by atoms with van der Waals surface area (Å²) in [6, 6.07) is 15.2. The molecule has 0 bridgehead atoms. The van der Waals surface area contributed by atoms with Gasteiger partial charge in [-0.2, -0.15) is 5.26 Å². The fourth-order valence-corrected chi connectivity index (χ4v) is 2.12. The van der Waals surface area contributed by atoms with Gasteiger partial charge in [-0.3, -0.25) is 4.79 Å². The second kappa shape index (κ2) is 5.36. The Balaban J connectivity index is 2.47. The Morgan fingerprint density at radius 2 is 1.89 bits per heavy atom. The topological polar surface area (TPSA) is 44.1 Å². The molecule has 0 unspecified atom stereocenters. The van der Waals surface area contributed by atoms with Gasteiger partial charge in [-0.1, -0.05) is 12.1 Å². The number of hydrogen-bond acceptors (Lipinski definition) is 3. The highest BCUT2D eigenvalue weighted by atomic mass is 16.1. The number of anilines is 2. The summed E-state index contributed by atoms with van der Waals surface area (Å²) >= 11 is 0. The third kappa shape index (κ3) is 2.48. The van der Waals surface area contributed by atoms with Crippen LogP contribution in [0, 0.1) is 18.3 Å². The predicted molar refractivity (Wildman–Crippen MR) is 75.8 cm³/mol. The molecule has 2 aromatic carbocycles. The first-order chi connectivity index (χ1) is 9.17. The molecule has 0 amide bonds. The van der Waals surface area contributed by atoms with Crippen LogP contribution in [0.5, 0.6) is 0 Å². The lowest BCUT2D eigenvalue weighted by molar-refractivity contribution is 0.112. The van der Waals surface area contributed by atoms with Crippen LogP contribution in [0.1, 0.15) is 21.5 Å². The lowest BCUT2D eigenvalue weighted by atomic mass is 10.1. The van der Waals surface area contributed by atoms with E-state index in [2.05, 4.69) is 6.07 Å². The van der Waals surface area contributed by atoms with Crippen molar-refractivity contribution in [1.29, 1.82) is 5.26 Å². The molecule has 0 aromatic heterocycles. The van der Waals surface area contributed by atoms with Crippen LogP contribution in [0.25, 0.3) is 0 Å². The molecule has 94 valence electrons. The van der Waals surface area contributed by atoms with Crippen molar-refractivity contribution in [3.8, 4) is 6.07 Å². The van der Waals surface area contributed by atoms with Crippen LogP contribution < -0.4 is 4.90 Å². The number of rotatable bonds is 3. The maximum atomic E-state index is 10.8. The van der Waals surface area contributed by atoms with Crippen molar-refractivity contribution in [2.45, 2.75) is 6.92 Å². The summed E-state index contributed by atoms with van der Waals surface area (Å²) in [5.74, 6) is 0. The maximum Gasteiger partial charge on any atom is 0.150 e. The van der Waals surface area contributed by atoms with Crippen molar-refractivity contribution >= 4 is 17.7 Å². The SMILES string of the molecule is Cc1cc(C=O)ccc1N(C)c1ccccc1C#N. The zero-order valence-electron chi connectivity index (χ0n) is 10.9. The van der Waals surface area contributed by atoms with E-state index in [4.69, 9.17) is 5.26 Å². The lowest BCUT2D eigenvalue weighted by Crippen LogP contribution is -2.12. The molecule has 0 spiro atoms. The molecule has 0 saturated heterocycles. The molecule has 0 heterocycles. The molecule has 0 fully saturated rings. The van der Waals surface area contributed by atoms with Crippen LogP contribution >= 0.6 is 0 Å². The first kappa shape index (κ1) is 12.8. The number of aryl methyl sites for hydroxylation is 1. The van der Waals surface area contributed by atoms with Gasteiger partial charge < -0.3 is 4.90 Å². The van der Waals surface area contributed by atoms with Gasteiger partial charge >= 0.3 is 0 Å². The Hall–Kier alpha value is -2.60. The Morgan fingerprint density at radius 3 is 2.53 bits per heavy atom. The van der Waals surface area contributed by atoms with Crippen molar-refractivity contribution in [1.82, 2.24) is 0 Å². The molecule has 3 nitrogen and oxygen atoms in total. The lowest BCUT2D eigenvalue weighted by Gasteiger charge is -2.22. The Labute approximate surface area is 112 Å². The Bertz CT molecular complexity index is 656. The van der Waals surface area contributed by atoms with E-state index in [1.54, 1.807) is 12.1 Å². The van der Waals surface area contributed by atoms with Gasteiger partial charge in [0.2, 0.25) is 0 Å². The first-order valence-corrected chi connectivity index (χ1v) is 5.96. The molecule has 0 aliphatic rings. The molecule has 0 saturated carbocycles. The van der Waals surface area contributed by atoms with Crippen LogP contribution in [-0.4, -0.2) is 13.3 Å². The van der Waals surface area contributed by atoms with E-state index in [1.807, 2.05) is 49.2 Å². The molecule has 0 aliphatic heterocycles. The Morgan fingerprint density at radius 1 is 1.16 bits per heavy atom. The first-order valence-electron chi connectivity index (χ1n) is 5.96. The van der Waals surface area contributed by atoms with Gasteiger partial charge in [0, 0.05) is 18.3 Å². The quantitative estimate of drug-likeness (QED) is 0.784. The van der Waals surface area contributed by atoms with Crippen LogP contribution in [0.4, 0.5) is 11.4 Å². The second-order valence-electron chi connectivity index (χ2n) is 4.35. The van der Waals surface area contributed by atoms with E-state index in [1.165, 1.54) is 0 Å². The molecule has 3 heteroatoms. The summed E-state index contributed by atoms with van der Waals surface area (Å²) in [5, 5.41) is 9.14. The summed E-state index contributed by atoms with van der Waals surface area (Å²) in [7, 11) is 1.92. The number of hydrogen-bond donors (Lipinski definition) is 0. The highest BCUT2D eigenvalue weighted by Gasteiger charge is 2.10. The highest BCUT2D eigenvalue weighted by Crippen LogP contribution is 2.29. The van der Waals surface area contributed by atoms with Crippen LogP contribution in [0.3, 0.4) is 0 Å². The molecule has 2 aromatic rings. The standard InChI is InChI=1S/C16H14N2O/c1-12-9-13(11-19)7-8-15(12)18(2)16-6-4-3-5-14(16)10-17/h3-9,11H,1-2H3.